The van der Waals surface area contributed by atoms with Crippen LogP contribution in [0.4, 0.5) is 13.2 Å². The van der Waals surface area contributed by atoms with Gasteiger partial charge in [-0.25, -0.2) is 0 Å². The van der Waals surface area contributed by atoms with Crippen LogP contribution in [0.15, 0.2) is 18.2 Å². The van der Waals surface area contributed by atoms with Crippen LogP contribution in [-0.2, 0) is 65.3 Å². The van der Waals surface area contributed by atoms with Crippen molar-refractivity contribution >= 4 is 76.6 Å². The topological polar surface area (TPSA) is 241 Å². The van der Waals surface area contributed by atoms with Crippen molar-refractivity contribution in [1.82, 2.24) is 54.7 Å². The monoisotopic (exact) mass is 1280 g/mol. The molecule has 1 saturated carbocycles. The van der Waals surface area contributed by atoms with Crippen LogP contribution < -0.4 is 10.6 Å². The molecule has 1 aliphatic carbocycles. The van der Waals surface area contributed by atoms with Crippen molar-refractivity contribution < 1.29 is 65.9 Å². The second kappa shape index (κ2) is 30.5. The van der Waals surface area contributed by atoms with Gasteiger partial charge in [-0.1, -0.05) is 83.9 Å². The highest BCUT2D eigenvalue weighted by molar-refractivity contribution is 6.31. The van der Waals surface area contributed by atoms with Crippen molar-refractivity contribution in [3.8, 4) is 0 Å². The minimum Gasteiger partial charge on any atom is -0.343 e. The highest BCUT2D eigenvalue weighted by atomic mass is 35.5. The molecule has 0 unspecified atom stereocenters. The first-order valence-corrected chi connectivity index (χ1v) is 31.7. The highest BCUT2D eigenvalue weighted by Crippen LogP contribution is 2.36. The largest absolute Gasteiger partial charge is 0.417 e. The van der Waals surface area contributed by atoms with Gasteiger partial charge in [0.1, 0.15) is 53.9 Å². The lowest BCUT2D eigenvalue weighted by Gasteiger charge is -2.45. The van der Waals surface area contributed by atoms with Crippen molar-refractivity contribution in [3.63, 3.8) is 0 Å². The summed E-state index contributed by atoms with van der Waals surface area (Å²) < 4.78 is 41.3. The highest BCUT2D eigenvalue weighted by Gasteiger charge is 2.49. The van der Waals surface area contributed by atoms with E-state index in [2.05, 4.69) is 10.6 Å². The van der Waals surface area contributed by atoms with E-state index in [1.54, 1.807) is 27.7 Å². The summed E-state index contributed by atoms with van der Waals surface area (Å²) in [6, 6.07) is -6.75. The summed E-state index contributed by atoms with van der Waals surface area (Å²) in [5.74, 6) is -7.61. The van der Waals surface area contributed by atoms with Gasteiger partial charge >= 0.3 is 6.18 Å². The zero-order chi connectivity index (χ0) is 67.1. The molecule has 89 heavy (non-hydrogen) atoms. The Morgan fingerprint density at radius 3 is 1.82 bits per heavy atom. The zero-order valence-electron chi connectivity index (χ0n) is 55.0. The lowest BCUT2D eigenvalue weighted by atomic mass is 9.84. The van der Waals surface area contributed by atoms with Crippen LogP contribution in [-0.4, -0.2) is 238 Å². The normalized spacial score (nSPS) is 28.1. The van der Waals surface area contributed by atoms with E-state index in [0.717, 1.165) is 49.1 Å². The predicted octanol–water partition coefficient (Wildman–Crippen LogP) is 4.82. The van der Waals surface area contributed by atoms with E-state index in [0.29, 0.717) is 18.4 Å². The SMILES string of the molecule is CC[C@H](C)[C@@H]1NC(=O)[C@H](C)N(C)C(=O)C[C@@H](C)N(C)C(=O)[C@H](C(C)C)N(C)C(=O)C(C)(C)N(C)C(=O)[C@@H]2CCCN2C(=O)[C@H](CCc2ccc(C(F)(F)F)c(Cl)c2)NC(=O)CN(C)C(=O)[C@H](CC2CCCCC2)N(C)C(=O)[C@@H]2CCN2C(=O)[C@H](C)N(C)C1=O. The fraction of sp³-hybridized carbons (Fsp3) is 0.730. The molecule has 3 heterocycles. The van der Waals surface area contributed by atoms with Gasteiger partial charge in [-0.05, 0) is 109 Å². The van der Waals surface area contributed by atoms with Gasteiger partial charge in [-0.15, -0.1) is 0 Å². The summed E-state index contributed by atoms with van der Waals surface area (Å²) in [4.78, 5) is 171. The third-order valence-electron chi connectivity index (χ3n) is 19.5. The number of hydrogen-bond donors (Lipinski definition) is 2. The van der Waals surface area contributed by atoms with Gasteiger partial charge in [0, 0.05) is 74.9 Å². The minimum atomic E-state index is -4.75. The van der Waals surface area contributed by atoms with Crippen LogP contribution in [0, 0.1) is 17.8 Å². The minimum absolute atomic E-state index is 0.0370. The molecule has 4 fully saturated rings. The Hall–Kier alpha value is -6.53. The van der Waals surface area contributed by atoms with Gasteiger partial charge in [0.05, 0.1) is 17.1 Å². The summed E-state index contributed by atoms with van der Waals surface area (Å²) >= 11 is 6.11. The fourth-order valence-electron chi connectivity index (χ4n) is 12.5. The Kier molecular flexibility index (Phi) is 25.1. The number of carbonyl (C=O) groups excluding carboxylic acids is 11. The Balaban J connectivity index is 1.55. The summed E-state index contributed by atoms with van der Waals surface area (Å²) in [7, 11) is 10.1. The number of aryl methyl sites for hydroxylation is 1. The number of hydrogen-bond acceptors (Lipinski definition) is 11. The molecule has 3 aliphatic heterocycles. The lowest BCUT2D eigenvalue weighted by Crippen LogP contribution is -2.65. The number of carbonyl (C=O) groups is 11. The maximum absolute atomic E-state index is 15.0. The molecule has 1 aromatic rings. The molecule has 0 radical (unpaired) electrons. The van der Waals surface area contributed by atoms with Crippen molar-refractivity contribution in [2.45, 2.75) is 212 Å². The smallest absolute Gasteiger partial charge is 0.343 e. The van der Waals surface area contributed by atoms with Crippen LogP contribution in [0.1, 0.15) is 150 Å². The maximum Gasteiger partial charge on any atom is 0.417 e. The number of alkyl halides is 3. The Bertz CT molecular complexity index is 2800. The average molecular weight is 1280 g/mol. The fourth-order valence-corrected chi connectivity index (χ4v) is 12.8. The molecule has 4 aliphatic rings. The summed E-state index contributed by atoms with van der Waals surface area (Å²) in [5, 5.41) is 5.00. The predicted molar refractivity (Wildman–Crippen MR) is 328 cm³/mol. The first-order valence-electron chi connectivity index (χ1n) is 31.3. The lowest BCUT2D eigenvalue weighted by molar-refractivity contribution is -0.160. The van der Waals surface area contributed by atoms with E-state index < -0.39 is 160 Å². The number of likely N-dealkylation sites (N-methyl/N-ethyl adjacent to an activating group) is 7. The molecule has 498 valence electrons. The quantitative estimate of drug-likeness (QED) is 0.358. The number of rotatable bonds is 8. The van der Waals surface area contributed by atoms with Crippen LogP contribution in [0.25, 0.3) is 0 Å². The van der Waals surface area contributed by atoms with Crippen LogP contribution in [0.2, 0.25) is 5.02 Å². The molecule has 2 N–H and O–H groups in total. The van der Waals surface area contributed by atoms with Crippen LogP contribution >= 0.6 is 11.6 Å². The number of fused-ring (bicyclic) bond motifs is 2. The average Bonchev–Trinajstić information content (AvgIpc) is 2.07. The number of benzene rings is 1. The first kappa shape index (κ1) is 73.2. The molecular weight excluding hydrogens is 1180 g/mol. The molecule has 11 amide bonds. The Morgan fingerprint density at radius 1 is 0.652 bits per heavy atom. The van der Waals surface area contributed by atoms with Gasteiger partial charge in [-0.2, -0.15) is 13.2 Å². The van der Waals surface area contributed by atoms with E-state index in [1.165, 1.54) is 122 Å². The molecular formula is C63H97ClF3N11O11. The van der Waals surface area contributed by atoms with E-state index in [9.17, 15) is 65.9 Å². The van der Waals surface area contributed by atoms with Crippen molar-refractivity contribution in [2.24, 2.45) is 17.8 Å². The van der Waals surface area contributed by atoms with Crippen molar-refractivity contribution in [3.05, 3.63) is 34.3 Å². The molecule has 0 spiro atoms. The van der Waals surface area contributed by atoms with Gasteiger partial charge in [0.2, 0.25) is 65.0 Å². The van der Waals surface area contributed by atoms with Crippen LogP contribution in [0.5, 0.6) is 0 Å². The summed E-state index contributed by atoms with van der Waals surface area (Å²) in [6.07, 6.45) is 0.588. The molecule has 26 heteroatoms. The standard InChI is InChI=1S/C63H97ClF3N11O11/c1-17-37(4)51-59(87)73(13)40(7)54(82)78-31-29-47(78)57(85)74(14)48(34-41-22-19-18-20-23-41)56(84)70(10)35-49(79)68-45(28-26-42-25-27-43(44(64)33-42)63(65,66)67)55(83)77-30-21-24-46(77)58(86)76(16)62(8,9)61(89)75(15)52(36(2)3)60(88)71(11)38(5)32-50(80)72(12)39(6)53(81)69-51/h25,27,33,36-41,45-48,51-52H,17-24,26,28-32,34-35H2,1-16H3,(H,68,79)(H,69,81)/t37-,38+,39-,40-,45-,46-,47-,48-,51-,52-/m0/s1. The number of halogens is 4. The molecule has 5 rings (SSSR count). The number of nitrogens with zero attached hydrogens (tertiary/aromatic N) is 9. The third kappa shape index (κ3) is 16.9. The van der Waals surface area contributed by atoms with Gasteiger partial charge in [0.15, 0.2) is 0 Å². The van der Waals surface area contributed by atoms with E-state index in [-0.39, 0.29) is 57.5 Å². The number of nitrogens with one attached hydrogen (secondary N) is 2. The molecule has 0 bridgehead atoms. The molecule has 3 saturated heterocycles. The Labute approximate surface area is 528 Å². The number of amides is 11. The van der Waals surface area contributed by atoms with Gasteiger partial charge < -0.3 is 54.7 Å². The third-order valence-corrected chi connectivity index (χ3v) is 19.8. The summed E-state index contributed by atoms with van der Waals surface area (Å²) in [5.41, 5.74) is -2.40. The van der Waals surface area contributed by atoms with E-state index in [1.807, 2.05) is 6.92 Å². The van der Waals surface area contributed by atoms with E-state index >= 15 is 0 Å². The molecule has 0 aromatic heterocycles. The van der Waals surface area contributed by atoms with Crippen molar-refractivity contribution in [2.75, 3.05) is 69.0 Å². The molecule has 22 nitrogen and oxygen atoms in total. The van der Waals surface area contributed by atoms with E-state index in [4.69, 9.17) is 11.6 Å². The Morgan fingerprint density at radius 2 is 1.26 bits per heavy atom. The van der Waals surface area contributed by atoms with Crippen molar-refractivity contribution in [1.29, 1.82) is 0 Å². The van der Waals surface area contributed by atoms with Crippen LogP contribution in [0.3, 0.4) is 0 Å². The first-order chi connectivity index (χ1) is 41.4. The summed E-state index contributed by atoms with van der Waals surface area (Å²) in [6.45, 7) is 14.4. The second-order valence-electron chi connectivity index (χ2n) is 26.1. The molecule has 1 aromatic carbocycles. The van der Waals surface area contributed by atoms with Gasteiger partial charge in [-0.3, -0.25) is 52.7 Å². The zero-order valence-corrected chi connectivity index (χ0v) is 55.8. The van der Waals surface area contributed by atoms with Gasteiger partial charge in [0.25, 0.3) is 0 Å². The maximum atomic E-state index is 15.0. The second-order valence-corrected chi connectivity index (χ2v) is 26.5. The molecule has 10 atom stereocenters.